The number of carbonyl (C=O) groups excluding carboxylic acids is 2. The third-order valence-electron chi connectivity index (χ3n) is 4.69. The Morgan fingerprint density at radius 2 is 1.79 bits per heavy atom. The number of rotatable bonds is 4. The minimum atomic E-state index is -4.41. The largest absolute Gasteiger partial charge is 0.472 e. The molecule has 3 amide bonds. The van der Waals surface area contributed by atoms with Gasteiger partial charge in [-0.1, -0.05) is 0 Å². The monoisotopic (exact) mass is 395 g/mol. The van der Waals surface area contributed by atoms with Crippen LogP contribution in [0.25, 0.3) is 0 Å². The van der Waals surface area contributed by atoms with Crippen LogP contribution in [0, 0.1) is 5.92 Å². The number of alkyl halides is 3. The summed E-state index contributed by atoms with van der Waals surface area (Å²) < 4.78 is 42.5. The van der Waals surface area contributed by atoms with E-state index in [4.69, 9.17) is 4.42 Å². The zero-order valence-electron chi connectivity index (χ0n) is 15.0. The Balaban J connectivity index is 1.40. The summed E-state index contributed by atoms with van der Waals surface area (Å²) in [6.07, 6.45) is -0.0241. The minimum Gasteiger partial charge on any atom is -0.472 e. The number of anilines is 1. The summed E-state index contributed by atoms with van der Waals surface area (Å²) >= 11 is 0. The van der Waals surface area contributed by atoms with E-state index in [1.807, 2.05) is 0 Å². The van der Waals surface area contributed by atoms with Gasteiger partial charge in [-0.15, -0.1) is 0 Å². The molecule has 28 heavy (non-hydrogen) atoms. The quantitative estimate of drug-likeness (QED) is 0.823. The van der Waals surface area contributed by atoms with E-state index in [-0.39, 0.29) is 17.5 Å². The molecule has 6 nitrogen and oxygen atoms in total. The molecule has 3 rings (SSSR count). The molecule has 0 aliphatic carbocycles. The number of nitrogens with one attached hydrogen (secondary N) is 2. The first kappa shape index (κ1) is 19.8. The maximum absolute atomic E-state index is 12.5. The molecule has 9 heteroatoms. The lowest BCUT2D eigenvalue weighted by molar-refractivity contribution is -0.137. The van der Waals surface area contributed by atoms with Gasteiger partial charge in [-0.3, -0.25) is 4.79 Å². The van der Waals surface area contributed by atoms with E-state index < -0.39 is 17.8 Å². The van der Waals surface area contributed by atoms with E-state index >= 15 is 0 Å². The first-order valence-electron chi connectivity index (χ1n) is 8.86. The van der Waals surface area contributed by atoms with Gasteiger partial charge in [0.05, 0.1) is 17.4 Å². The van der Waals surface area contributed by atoms with Gasteiger partial charge in [0, 0.05) is 25.3 Å². The van der Waals surface area contributed by atoms with Gasteiger partial charge in [-0.05, 0) is 49.1 Å². The standard InChI is InChI=1S/C19H20F3N3O3/c20-19(21,22)15-1-3-16(4-2-15)24-18(27)23-11-13-5-8-25(9-6-13)17(26)14-7-10-28-12-14/h1-4,7,10,12-13H,5-6,8-9,11H2,(H2,23,24,27). The highest BCUT2D eigenvalue weighted by molar-refractivity contribution is 5.93. The maximum atomic E-state index is 12.5. The Hall–Kier alpha value is -2.97. The van der Waals surface area contributed by atoms with Gasteiger partial charge in [-0.25, -0.2) is 4.79 Å². The molecule has 1 aromatic heterocycles. The molecule has 0 saturated carbocycles. The van der Waals surface area contributed by atoms with Gasteiger partial charge in [-0.2, -0.15) is 13.2 Å². The van der Waals surface area contributed by atoms with Crippen LogP contribution in [0.15, 0.2) is 47.3 Å². The van der Waals surface area contributed by atoms with Crippen LogP contribution >= 0.6 is 0 Å². The number of hydrogen-bond donors (Lipinski definition) is 2. The second kappa shape index (κ2) is 8.37. The second-order valence-electron chi connectivity index (χ2n) is 6.66. The van der Waals surface area contributed by atoms with Crippen molar-refractivity contribution in [2.75, 3.05) is 25.0 Å². The summed E-state index contributed by atoms with van der Waals surface area (Å²) in [6.45, 7) is 1.62. The predicted octanol–water partition coefficient (Wildman–Crippen LogP) is 3.97. The Morgan fingerprint density at radius 3 is 2.36 bits per heavy atom. The van der Waals surface area contributed by atoms with Gasteiger partial charge >= 0.3 is 12.2 Å². The smallest absolute Gasteiger partial charge is 0.416 e. The summed E-state index contributed by atoms with van der Waals surface area (Å²) in [4.78, 5) is 25.9. The van der Waals surface area contributed by atoms with E-state index in [1.165, 1.54) is 24.7 Å². The molecule has 1 aliphatic heterocycles. The van der Waals surface area contributed by atoms with Crippen molar-refractivity contribution in [3.05, 3.63) is 54.0 Å². The molecular formula is C19H20F3N3O3. The van der Waals surface area contributed by atoms with Gasteiger partial charge in [0.15, 0.2) is 0 Å². The van der Waals surface area contributed by atoms with Crippen molar-refractivity contribution < 1.29 is 27.2 Å². The lowest BCUT2D eigenvalue weighted by atomic mass is 9.96. The molecule has 0 unspecified atom stereocenters. The number of benzene rings is 1. The summed E-state index contributed by atoms with van der Waals surface area (Å²) in [5.41, 5.74) is 0.0358. The molecule has 1 aliphatic rings. The van der Waals surface area contributed by atoms with E-state index in [1.54, 1.807) is 11.0 Å². The topological polar surface area (TPSA) is 74.6 Å². The second-order valence-corrected chi connectivity index (χ2v) is 6.66. The normalized spacial score (nSPS) is 15.3. The van der Waals surface area contributed by atoms with E-state index in [9.17, 15) is 22.8 Å². The number of amides is 3. The molecule has 0 spiro atoms. The average Bonchev–Trinajstić information content (AvgIpc) is 3.21. The molecule has 2 heterocycles. The third kappa shape index (κ3) is 5.05. The lowest BCUT2D eigenvalue weighted by Crippen LogP contribution is -2.42. The Morgan fingerprint density at radius 1 is 1.11 bits per heavy atom. The van der Waals surface area contributed by atoms with Crippen LogP contribution in [0.1, 0.15) is 28.8 Å². The first-order chi connectivity index (χ1) is 13.3. The van der Waals surface area contributed by atoms with E-state index in [2.05, 4.69) is 10.6 Å². The zero-order valence-corrected chi connectivity index (χ0v) is 15.0. The van der Waals surface area contributed by atoms with Crippen molar-refractivity contribution in [3.8, 4) is 0 Å². The van der Waals surface area contributed by atoms with Crippen LogP contribution in [-0.2, 0) is 6.18 Å². The van der Waals surface area contributed by atoms with Gasteiger partial charge < -0.3 is 20.0 Å². The van der Waals surface area contributed by atoms with E-state index in [0.29, 0.717) is 25.2 Å². The van der Waals surface area contributed by atoms with E-state index in [0.717, 1.165) is 25.0 Å². The fraction of sp³-hybridized carbons (Fsp3) is 0.368. The van der Waals surface area contributed by atoms with Crippen LogP contribution in [-0.4, -0.2) is 36.5 Å². The van der Waals surface area contributed by atoms with Crippen LogP contribution < -0.4 is 10.6 Å². The van der Waals surface area contributed by atoms with Crippen molar-refractivity contribution >= 4 is 17.6 Å². The maximum Gasteiger partial charge on any atom is 0.416 e. The summed E-state index contributed by atoms with van der Waals surface area (Å²) in [6, 6.07) is 5.41. The molecule has 1 saturated heterocycles. The highest BCUT2D eigenvalue weighted by Gasteiger charge is 2.30. The molecular weight excluding hydrogens is 375 g/mol. The number of urea groups is 1. The molecule has 150 valence electrons. The minimum absolute atomic E-state index is 0.0693. The van der Waals surface area contributed by atoms with Gasteiger partial charge in [0.2, 0.25) is 0 Å². The molecule has 0 radical (unpaired) electrons. The zero-order chi connectivity index (χ0) is 20.1. The van der Waals surface area contributed by atoms with Crippen molar-refractivity contribution in [1.29, 1.82) is 0 Å². The van der Waals surface area contributed by atoms with Gasteiger partial charge in [0.1, 0.15) is 6.26 Å². The Bertz CT molecular complexity index is 796. The van der Waals surface area contributed by atoms with Gasteiger partial charge in [0.25, 0.3) is 5.91 Å². The molecule has 0 atom stereocenters. The number of halogens is 3. The average molecular weight is 395 g/mol. The molecule has 1 fully saturated rings. The van der Waals surface area contributed by atoms with Crippen molar-refractivity contribution in [1.82, 2.24) is 10.2 Å². The van der Waals surface area contributed by atoms with Crippen LogP contribution in [0.2, 0.25) is 0 Å². The number of furan rings is 1. The first-order valence-corrected chi connectivity index (χ1v) is 8.86. The number of nitrogens with zero attached hydrogens (tertiary/aromatic N) is 1. The fourth-order valence-corrected chi connectivity index (χ4v) is 3.06. The number of likely N-dealkylation sites (tertiary alicyclic amines) is 1. The molecule has 2 N–H and O–H groups in total. The fourth-order valence-electron chi connectivity index (χ4n) is 3.06. The van der Waals surface area contributed by atoms with Crippen LogP contribution in [0.4, 0.5) is 23.7 Å². The Kier molecular flexibility index (Phi) is 5.91. The number of hydrogen-bond acceptors (Lipinski definition) is 3. The molecule has 0 bridgehead atoms. The third-order valence-corrected chi connectivity index (χ3v) is 4.69. The SMILES string of the molecule is O=C(NCC1CCN(C(=O)c2ccoc2)CC1)Nc1ccc(C(F)(F)F)cc1. The molecule has 1 aromatic carbocycles. The van der Waals surface area contributed by atoms with Crippen molar-refractivity contribution in [2.24, 2.45) is 5.92 Å². The van der Waals surface area contributed by atoms with Crippen LogP contribution in [0.5, 0.6) is 0 Å². The van der Waals surface area contributed by atoms with Crippen LogP contribution in [0.3, 0.4) is 0 Å². The highest BCUT2D eigenvalue weighted by atomic mass is 19.4. The van der Waals surface area contributed by atoms with Crippen molar-refractivity contribution in [2.45, 2.75) is 19.0 Å². The molecule has 2 aromatic rings. The number of carbonyl (C=O) groups is 2. The number of piperidine rings is 1. The lowest BCUT2D eigenvalue weighted by Gasteiger charge is -2.31. The summed E-state index contributed by atoms with van der Waals surface area (Å²) in [5, 5.41) is 5.24. The summed E-state index contributed by atoms with van der Waals surface area (Å²) in [7, 11) is 0. The predicted molar refractivity (Wildman–Crippen MR) is 95.8 cm³/mol. The Labute approximate surface area is 159 Å². The van der Waals surface area contributed by atoms with Crippen molar-refractivity contribution in [3.63, 3.8) is 0 Å². The summed E-state index contributed by atoms with van der Waals surface area (Å²) in [5.74, 6) is 0.159. The highest BCUT2D eigenvalue weighted by Crippen LogP contribution is 2.29.